The van der Waals surface area contributed by atoms with Crippen LogP contribution in [0.1, 0.15) is 23.3 Å². The van der Waals surface area contributed by atoms with Gasteiger partial charge < -0.3 is 19.3 Å². The van der Waals surface area contributed by atoms with Crippen LogP contribution in [-0.4, -0.2) is 50.1 Å². The van der Waals surface area contributed by atoms with Crippen LogP contribution in [0.2, 0.25) is 0 Å². The van der Waals surface area contributed by atoms with Crippen molar-refractivity contribution in [3.63, 3.8) is 0 Å². The molecule has 0 saturated carbocycles. The highest BCUT2D eigenvalue weighted by atomic mass is 32.2. The van der Waals surface area contributed by atoms with Gasteiger partial charge in [-0.25, -0.2) is 0 Å². The number of anilines is 1. The summed E-state index contributed by atoms with van der Waals surface area (Å²) in [6.07, 6.45) is -0.942. The van der Waals surface area contributed by atoms with Gasteiger partial charge in [0, 0.05) is 24.9 Å². The highest BCUT2D eigenvalue weighted by Crippen LogP contribution is 2.46. The van der Waals surface area contributed by atoms with Crippen LogP contribution < -0.4 is 9.64 Å². The summed E-state index contributed by atoms with van der Waals surface area (Å²) in [6.45, 7) is 3.01. The molecular weight excluding hydrogens is 460 g/mol. The van der Waals surface area contributed by atoms with Crippen molar-refractivity contribution in [2.75, 3.05) is 32.1 Å². The number of carbonyl (C=O) groups excluding carboxylic acids is 2. The van der Waals surface area contributed by atoms with Gasteiger partial charge in [0.1, 0.15) is 12.4 Å². The van der Waals surface area contributed by atoms with E-state index in [1.165, 1.54) is 6.92 Å². The standard InChI is InChI=1S/C28H30N2O4S/c1-20(31)34-26-27(22-13-15-23(16-14-22)33-19-21-9-5-4-6-10-21)35-25-12-8-7-11-24(25)30(28(26)32)18-17-29(2)3/h4-16,26-27H,17-19H2,1-3H3. The molecule has 7 heteroatoms. The van der Waals surface area contributed by atoms with Crippen LogP contribution in [0.15, 0.2) is 83.8 Å². The van der Waals surface area contributed by atoms with Crippen LogP contribution in [-0.2, 0) is 20.9 Å². The van der Waals surface area contributed by atoms with E-state index < -0.39 is 12.1 Å². The molecule has 0 spiro atoms. The van der Waals surface area contributed by atoms with Gasteiger partial charge in [-0.05, 0) is 49.5 Å². The van der Waals surface area contributed by atoms with Gasteiger partial charge in [0.2, 0.25) is 0 Å². The molecule has 6 nitrogen and oxygen atoms in total. The minimum atomic E-state index is -0.942. The van der Waals surface area contributed by atoms with Gasteiger partial charge in [0.05, 0.1) is 10.9 Å². The average Bonchev–Trinajstić information content (AvgIpc) is 2.97. The zero-order valence-electron chi connectivity index (χ0n) is 20.2. The summed E-state index contributed by atoms with van der Waals surface area (Å²) in [5.41, 5.74) is 2.82. The Morgan fingerprint density at radius 3 is 2.34 bits per heavy atom. The molecule has 1 aliphatic rings. The lowest BCUT2D eigenvalue weighted by Crippen LogP contribution is -2.45. The van der Waals surface area contributed by atoms with Gasteiger partial charge >= 0.3 is 5.97 Å². The van der Waals surface area contributed by atoms with E-state index in [-0.39, 0.29) is 11.2 Å². The van der Waals surface area contributed by atoms with Gasteiger partial charge in [-0.3, -0.25) is 9.59 Å². The summed E-state index contributed by atoms with van der Waals surface area (Å²) in [5.74, 6) is 0.0452. The smallest absolute Gasteiger partial charge is 0.303 e. The Morgan fingerprint density at radius 2 is 1.66 bits per heavy atom. The van der Waals surface area contributed by atoms with Crippen molar-refractivity contribution >= 4 is 29.3 Å². The molecule has 0 radical (unpaired) electrons. The maximum absolute atomic E-state index is 13.8. The van der Waals surface area contributed by atoms with Crippen molar-refractivity contribution in [2.24, 2.45) is 0 Å². The Balaban J connectivity index is 1.62. The van der Waals surface area contributed by atoms with Crippen molar-refractivity contribution in [3.8, 4) is 5.75 Å². The van der Waals surface area contributed by atoms with Crippen LogP contribution >= 0.6 is 11.8 Å². The molecule has 4 rings (SSSR count). The first-order chi connectivity index (χ1) is 16.9. The van der Waals surface area contributed by atoms with E-state index in [4.69, 9.17) is 9.47 Å². The fraction of sp³-hybridized carbons (Fsp3) is 0.286. The highest BCUT2D eigenvalue weighted by molar-refractivity contribution is 7.99. The molecule has 0 N–H and O–H groups in total. The second kappa shape index (κ2) is 11.4. The number of likely N-dealkylation sites (N-methyl/N-ethyl adjacent to an activating group) is 1. The second-order valence-electron chi connectivity index (χ2n) is 8.67. The molecule has 1 heterocycles. The Kier molecular flexibility index (Phi) is 8.10. The topological polar surface area (TPSA) is 59.1 Å². The van der Waals surface area contributed by atoms with Crippen molar-refractivity contribution < 1.29 is 19.1 Å². The van der Waals surface area contributed by atoms with Crippen molar-refractivity contribution in [2.45, 2.75) is 29.8 Å². The molecule has 3 aromatic carbocycles. The maximum Gasteiger partial charge on any atom is 0.303 e. The van der Waals surface area contributed by atoms with Crippen LogP contribution in [0.4, 0.5) is 5.69 Å². The molecule has 0 saturated heterocycles. The first-order valence-electron chi connectivity index (χ1n) is 11.6. The van der Waals surface area contributed by atoms with E-state index in [1.807, 2.05) is 97.9 Å². The van der Waals surface area contributed by atoms with Gasteiger partial charge in [-0.2, -0.15) is 0 Å². The van der Waals surface area contributed by atoms with Crippen molar-refractivity contribution in [1.29, 1.82) is 0 Å². The predicted octanol–water partition coefficient (Wildman–Crippen LogP) is 4.94. The van der Waals surface area contributed by atoms with Crippen LogP contribution in [0.25, 0.3) is 0 Å². The summed E-state index contributed by atoms with van der Waals surface area (Å²) < 4.78 is 11.6. The molecule has 0 aromatic heterocycles. The lowest BCUT2D eigenvalue weighted by molar-refractivity contribution is -0.152. The lowest BCUT2D eigenvalue weighted by Gasteiger charge is -2.28. The minimum absolute atomic E-state index is 0.214. The molecule has 2 atom stereocenters. The Labute approximate surface area is 210 Å². The molecule has 182 valence electrons. The Hall–Kier alpha value is -3.29. The highest BCUT2D eigenvalue weighted by Gasteiger charge is 2.40. The maximum atomic E-state index is 13.8. The number of amides is 1. The van der Waals surface area contributed by atoms with Crippen LogP contribution in [0.5, 0.6) is 5.75 Å². The second-order valence-corrected chi connectivity index (χ2v) is 9.86. The quantitative estimate of drug-likeness (QED) is 0.417. The van der Waals surface area contributed by atoms with Gasteiger partial charge in [-0.15, -0.1) is 11.8 Å². The number of ether oxygens (including phenoxy) is 2. The van der Waals surface area contributed by atoms with Gasteiger partial charge in [0.25, 0.3) is 5.91 Å². The molecule has 3 aromatic rings. The average molecular weight is 491 g/mol. The molecule has 0 aliphatic carbocycles. The summed E-state index contributed by atoms with van der Waals surface area (Å²) in [4.78, 5) is 30.5. The summed E-state index contributed by atoms with van der Waals surface area (Å²) in [6, 6.07) is 25.5. The van der Waals surface area contributed by atoms with E-state index in [1.54, 1.807) is 16.7 Å². The summed E-state index contributed by atoms with van der Waals surface area (Å²) >= 11 is 1.54. The third kappa shape index (κ3) is 6.24. The number of fused-ring (bicyclic) bond motifs is 1. The SMILES string of the molecule is CC(=O)OC1C(=O)N(CCN(C)C)c2ccccc2SC1c1ccc(OCc2ccccc2)cc1. The largest absolute Gasteiger partial charge is 0.489 e. The lowest BCUT2D eigenvalue weighted by atomic mass is 10.1. The number of hydrogen-bond donors (Lipinski definition) is 0. The number of thioether (sulfide) groups is 1. The normalized spacial score (nSPS) is 17.6. The van der Waals surface area contributed by atoms with E-state index >= 15 is 0 Å². The van der Waals surface area contributed by atoms with Crippen molar-refractivity contribution in [3.05, 3.63) is 90.0 Å². The van der Waals surface area contributed by atoms with E-state index in [2.05, 4.69) is 0 Å². The Bertz CT molecular complexity index is 1150. The number of rotatable bonds is 8. The number of benzene rings is 3. The fourth-order valence-electron chi connectivity index (χ4n) is 3.94. The van der Waals surface area contributed by atoms with Crippen LogP contribution in [0, 0.1) is 0 Å². The van der Waals surface area contributed by atoms with Crippen LogP contribution in [0.3, 0.4) is 0 Å². The third-order valence-corrected chi connectivity index (χ3v) is 7.09. The van der Waals surface area contributed by atoms with E-state index in [9.17, 15) is 9.59 Å². The van der Waals surface area contributed by atoms with E-state index in [0.717, 1.165) is 27.5 Å². The number of hydrogen-bond acceptors (Lipinski definition) is 6. The monoisotopic (exact) mass is 490 g/mol. The third-order valence-electron chi connectivity index (χ3n) is 5.72. The fourth-order valence-corrected chi connectivity index (χ4v) is 5.26. The van der Waals surface area contributed by atoms with Gasteiger partial charge in [-0.1, -0.05) is 54.6 Å². The molecule has 35 heavy (non-hydrogen) atoms. The van der Waals surface area contributed by atoms with E-state index in [0.29, 0.717) is 19.7 Å². The van der Waals surface area contributed by atoms with Gasteiger partial charge in [0.15, 0.2) is 6.10 Å². The molecule has 0 fully saturated rings. The molecule has 1 amide bonds. The summed E-state index contributed by atoms with van der Waals surface area (Å²) in [5, 5.41) is -0.389. The zero-order chi connectivity index (χ0) is 24.8. The molecule has 2 unspecified atom stereocenters. The Morgan fingerprint density at radius 1 is 0.971 bits per heavy atom. The van der Waals surface area contributed by atoms with Crippen molar-refractivity contribution in [1.82, 2.24) is 4.90 Å². The number of carbonyl (C=O) groups is 2. The number of nitrogens with zero attached hydrogens (tertiary/aromatic N) is 2. The minimum Gasteiger partial charge on any atom is -0.489 e. The molecule has 0 bridgehead atoms. The number of para-hydroxylation sites is 1. The first kappa shape index (κ1) is 24.8. The zero-order valence-corrected chi connectivity index (χ0v) is 21.0. The molecular formula is C28H30N2O4S. The first-order valence-corrected chi connectivity index (χ1v) is 12.5. The number of esters is 1. The predicted molar refractivity (Wildman–Crippen MR) is 139 cm³/mol. The summed E-state index contributed by atoms with van der Waals surface area (Å²) in [7, 11) is 3.94. The molecule has 1 aliphatic heterocycles.